The van der Waals surface area contributed by atoms with Crippen molar-refractivity contribution in [1.29, 1.82) is 0 Å². The van der Waals surface area contributed by atoms with E-state index >= 15 is 0 Å². The third kappa shape index (κ3) is 2.82. The van der Waals surface area contributed by atoms with Gasteiger partial charge in [0.25, 0.3) is 5.56 Å². The number of fused-ring (bicyclic) bond motifs is 1. The van der Waals surface area contributed by atoms with Crippen LogP contribution in [-0.2, 0) is 12.8 Å². The molecule has 2 heterocycles. The highest BCUT2D eigenvalue weighted by atomic mass is 32.1. The van der Waals surface area contributed by atoms with Crippen LogP contribution in [0.25, 0.3) is 10.2 Å². The van der Waals surface area contributed by atoms with Crippen molar-refractivity contribution < 1.29 is 14.3 Å². The van der Waals surface area contributed by atoms with Crippen LogP contribution in [0.5, 0.6) is 0 Å². The molecular formula is C17H15FN2O3S. The monoisotopic (exact) mass is 346 g/mol. The molecule has 0 aliphatic rings. The first-order chi connectivity index (χ1) is 11.4. The average molecular weight is 346 g/mol. The van der Waals surface area contributed by atoms with E-state index in [1.54, 1.807) is 19.1 Å². The maximum absolute atomic E-state index is 14.0. The lowest BCUT2D eigenvalue weighted by Gasteiger charge is -2.05. The van der Waals surface area contributed by atoms with Crippen molar-refractivity contribution in [1.82, 2.24) is 9.97 Å². The number of carboxylic acids is 1. The quantitative estimate of drug-likeness (QED) is 0.759. The molecule has 2 N–H and O–H groups in total. The number of aryl methyl sites for hydroxylation is 2. The number of nitrogens with zero attached hydrogens (tertiary/aromatic N) is 1. The van der Waals surface area contributed by atoms with Gasteiger partial charge in [-0.25, -0.2) is 14.2 Å². The lowest BCUT2D eigenvalue weighted by molar-refractivity contribution is 0.0701. The molecule has 5 nitrogen and oxygen atoms in total. The Morgan fingerprint density at radius 3 is 2.83 bits per heavy atom. The van der Waals surface area contributed by atoms with Crippen LogP contribution in [0, 0.1) is 12.7 Å². The van der Waals surface area contributed by atoms with Gasteiger partial charge in [0.05, 0.1) is 5.39 Å². The molecule has 0 bridgehead atoms. The summed E-state index contributed by atoms with van der Waals surface area (Å²) in [5.41, 5.74) is 1.45. The standard InChI is InChI=1S/C17H15FN2O3S/c1-3-9-4-5-11(18)10(6-9)7-12-19-15(21)13-8(2)14(17(22)23)24-16(13)20-12/h4-6H,3,7H2,1-2H3,(H,22,23)(H,19,20,21). The highest BCUT2D eigenvalue weighted by Gasteiger charge is 2.19. The fourth-order valence-electron chi connectivity index (χ4n) is 2.64. The molecule has 0 aliphatic carbocycles. The second-order valence-corrected chi connectivity index (χ2v) is 6.51. The Morgan fingerprint density at radius 1 is 1.42 bits per heavy atom. The molecule has 124 valence electrons. The number of rotatable bonds is 4. The van der Waals surface area contributed by atoms with Gasteiger partial charge in [0.15, 0.2) is 0 Å². The summed E-state index contributed by atoms with van der Waals surface area (Å²) in [7, 11) is 0. The number of aromatic carboxylic acids is 1. The minimum Gasteiger partial charge on any atom is -0.477 e. The minimum atomic E-state index is -1.09. The predicted octanol–water partition coefficient (Wildman–Crippen LogP) is 3.28. The highest BCUT2D eigenvalue weighted by molar-refractivity contribution is 7.20. The minimum absolute atomic E-state index is 0.0966. The van der Waals surface area contributed by atoms with Gasteiger partial charge in [-0.1, -0.05) is 19.1 Å². The normalized spacial score (nSPS) is 11.1. The zero-order valence-corrected chi connectivity index (χ0v) is 14.0. The molecule has 0 unspecified atom stereocenters. The number of hydrogen-bond acceptors (Lipinski definition) is 4. The third-order valence-electron chi connectivity index (χ3n) is 3.92. The summed E-state index contributed by atoms with van der Waals surface area (Å²) in [6.07, 6.45) is 0.923. The van der Waals surface area contributed by atoms with E-state index in [-0.39, 0.29) is 22.5 Å². The molecule has 7 heteroatoms. The fourth-order valence-corrected chi connectivity index (χ4v) is 3.68. The van der Waals surface area contributed by atoms with Gasteiger partial charge in [0.2, 0.25) is 0 Å². The third-order valence-corrected chi connectivity index (χ3v) is 5.09. The van der Waals surface area contributed by atoms with Crippen LogP contribution in [0.4, 0.5) is 4.39 Å². The Balaban J connectivity index is 2.09. The van der Waals surface area contributed by atoms with Gasteiger partial charge in [-0.15, -0.1) is 11.3 Å². The summed E-state index contributed by atoms with van der Waals surface area (Å²) in [4.78, 5) is 30.9. The highest BCUT2D eigenvalue weighted by Crippen LogP contribution is 2.27. The number of hydrogen-bond donors (Lipinski definition) is 2. The molecule has 2 aromatic heterocycles. The van der Waals surface area contributed by atoms with Gasteiger partial charge in [0, 0.05) is 6.42 Å². The number of aromatic amines is 1. The van der Waals surface area contributed by atoms with Crippen molar-refractivity contribution in [2.75, 3.05) is 0 Å². The molecule has 0 atom stereocenters. The Labute approximate surface area is 140 Å². The van der Waals surface area contributed by atoms with Crippen molar-refractivity contribution in [3.8, 4) is 0 Å². The Morgan fingerprint density at radius 2 is 2.17 bits per heavy atom. The van der Waals surface area contributed by atoms with Crippen molar-refractivity contribution in [2.45, 2.75) is 26.7 Å². The van der Waals surface area contributed by atoms with Gasteiger partial charge in [-0.2, -0.15) is 0 Å². The summed E-state index contributed by atoms with van der Waals surface area (Å²) >= 11 is 0.958. The van der Waals surface area contributed by atoms with Crippen LogP contribution in [0.1, 0.15) is 39.1 Å². The zero-order valence-electron chi connectivity index (χ0n) is 13.1. The Kier molecular flexibility index (Phi) is 4.19. The number of H-pyrrole nitrogens is 1. The number of carbonyl (C=O) groups is 1. The molecule has 0 saturated heterocycles. The number of benzene rings is 1. The molecular weight excluding hydrogens is 331 g/mol. The van der Waals surface area contributed by atoms with Crippen molar-refractivity contribution in [3.05, 3.63) is 61.8 Å². The van der Waals surface area contributed by atoms with Crippen molar-refractivity contribution >= 4 is 27.5 Å². The number of halogens is 1. The molecule has 0 aliphatic heterocycles. The van der Waals surface area contributed by atoms with E-state index in [4.69, 9.17) is 0 Å². The van der Waals surface area contributed by atoms with Crippen LogP contribution >= 0.6 is 11.3 Å². The maximum atomic E-state index is 14.0. The van der Waals surface area contributed by atoms with Gasteiger partial charge in [0.1, 0.15) is 21.3 Å². The second kappa shape index (κ2) is 6.16. The summed E-state index contributed by atoms with van der Waals surface area (Å²) < 4.78 is 14.0. The predicted molar refractivity (Wildman–Crippen MR) is 90.5 cm³/mol. The fraction of sp³-hybridized carbons (Fsp3) is 0.235. The first kappa shape index (κ1) is 16.3. The summed E-state index contributed by atoms with van der Waals surface area (Å²) in [5.74, 6) is -1.13. The lowest BCUT2D eigenvalue weighted by atomic mass is 10.1. The summed E-state index contributed by atoms with van der Waals surface area (Å²) in [6.45, 7) is 3.56. The topological polar surface area (TPSA) is 83.0 Å². The second-order valence-electron chi connectivity index (χ2n) is 5.51. The lowest BCUT2D eigenvalue weighted by Crippen LogP contribution is -2.12. The number of aromatic nitrogens is 2. The van der Waals surface area contributed by atoms with E-state index in [1.165, 1.54) is 6.07 Å². The van der Waals surface area contributed by atoms with Crippen LogP contribution in [0.15, 0.2) is 23.0 Å². The average Bonchev–Trinajstić information content (AvgIpc) is 2.87. The first-order valence-corrected chi connectivity index (χ1v) is 8.25. The molecule has 0 spiro atoms. The SMILES string of the molecule is CCc1ccc(F)c(Cc2nc3sc(C(=O)O)c(C)c3c(=O)[nH]2)c1. The van der Waals surface area contributed by atoms with Crippen LogP contribution in [0.3, 0.4) is 0 Å². The number of carboxylic acid groups (broad SMARTS) is 1. The van der Waals surface area contributed by atoms with E-state index in [2.05, 4.69) is 9.97 Å². The summed E-state index contributed by atoms with van der Waals surface area (Å²) in [6, 6.07) is 4.88. The van der Waals surface area contributed by atoms with Crippen molar-refractivity contribution in [2.24, 2.45) is 0 Å². The van der Waals surface area contributed by atoms with Crippen molar-refractivity contribution in [3.63, 3.8) is 0 Å². The molecule has 3 rings (SSSR count). The number of nitrogens with one attached hydrogen (secondary N) is 1. The Bertz CT molecular complexity index is 1010. The van der Waals surface area contributed by atoms with Crippen LogP contribution in [-0.4, -0.2) is 21.0 Å². The molecule has 0 radical (unpaired) electrons. The van der Waals surface area contributed by atoms with Gasteiger partial charge >= 0.3 is 5.97 Å². The molecule has 1 aromatic carbocycles. The molecule has 3 aromatic rings. The molecule has 0 fully saturated rings. The van der Waals surface area contributed by atoms with E-state index in [9.17, 15) is 19.1 Å². The van der Waals surface area contributed by atoms with E-state index in [1.807, 2.05) is 6.92 Å². The largest absolute Gasteiger partial charge is 0.477 e. The van der Waals surface area contributed by atoms with Gasteiger partial charge in [-0.05, 0) is 36.1 Å². The van der Waals surface area contributed by atoms with Crippen LogP contribution in [0.2, 0.25) is 0 Å². The van der Waals surface area contributed by atoms with Crippen LogP contribution < -0.4 is 5.56 Å². The van der Waals surface area contributed by atoms with E-state index in [0.29, 0.717) is 21.8 Å². The zero-order chi connectivity index (χ0) is 17.4. The molecule has 0 saturated carbocycles. The maximum Gasteiger partial charge on any atom is 0.346 e. The number of thiophene rings is 1. The van der Waals surface area contributed by atoms with E-state index < -0.39 is 11.5 Å². The molecule has 0 amide bonds. The van der Waals surface area contributed by atoms with E-state index in [0.717, 1.165) is 23.3 Å². The summed E-state index contributed by atoms with van der Waals surface area (Å²) in [5, 5.41) is 9.46. The first-order valence-electron chi connectivity index (χ1n) is 7.43. The Hall–Kier alpha value is -2.54. The van der Waals surface area contributed by atoms with Gasteiger partial charge in [-0.3, -0.25) is 4.79 Å². The smallest absolute Gasteiger partial charge is 0.346 e. The molecule has 24 heavy (non-hydrogen) atoms. The van der Waals surface area contributed by atoms with Gasteiger partial charge < -0.3 is 10.1 Å².